The van der Waals surface area contributed by atoms with Crippen LogP contribution in [-0.4, -0.2) is 19.9 Å². The van der Waals surface area contributed by atoms with Crippen LogP contribution in [0.25, 0.3) is 5.69 Å². The van der Waals surface area contributed by atoms with Gasteiger partial charge in [-0.15, -0.1) is 5.10 Å². The van der Waals surface area contributed by atoms with E-state index >= 15 is 0 Å². The number of hydrogen-bond acceptors (Lipinski definition) is 4. The number of halogens is 2. The van der Waals surface area contributed by atoms with Crippen molar-refractivity contribution in [2.45, 2.75) is 5.33 Å². The third kappa shape index (κ3) is 2.31. The SMILES string of the molecule is O=[N+]([O-])c1cc(F)ccc1-n1cc(CBr)nn1. The highest BCUT2D eigenvalue weighted by molar-refractivity contribution is 9.08. The lowest BCUT2D eigenvalue weighted by Gasteiger charge is -2.01. The van der Waals surface area contributed by atoms with Gasteiger partial charge in [-0.05, 0) is 12.1 Å². The third-order valence-electron chi connectivity index (χ3n) is 2.06. The Morgan fingerprint density at radius 2 is 2.29 bits per heavy atom. The van der Waals surface area contributed by atoms with Gasteiger partial charge in [-0.25, -0.2) is 9.07 Å². The monoisotopic (exact) mass is 300 g/mol. The van der Waals surface area contributed by atoms with Crippen molar-refractivity contribution in [1.82, 2.24) is 15.0 Å². The van der Waals surface area contributed by atoms with Crippen LogP contribution >= 0.6 is 15.9 Å². The molecule has 0 fully saturated rings. The number of aromatic nitrogens is 3. The maximum absolute atomic E-state index is 12.9. The topological polar surface area (TPSA) is 73.8 Å². The molecule has 0 aliphatic rings. The molecule has 0 unspecified atom stereocenters. The molecule has 88 valence electrons. The first kappa shape index (κ1) is 11.6. The molecule has 1 heterocycles. The molecular formula is C9H6BrFN4O2. The van der Waals surface area contributed by atoms with Crippen LogP contribution in [0.15, 0.2) is 24.4 Å². The van der Waals surface area contributed by atoms with E-state index in [4.69, 9.17) is 0 Å². The van der Waals surface area contributed by atoms with E-state index in [9.17, 15) is 14.5 Å². The summed E-state index contributed by atoms with van der Waals surface area (Å²) in [4.78, 5) is 10.1. The molecule has 2 aromatic rings. The second-order valence-electron chi connectivity index (χ2n) is 3.18. The first-order valence-corrected chi connectivity index (χ1v) is 5.65. The van der Waals surface area contributed by atoms with Gasteiger partial charge in [0.15, 0.2) is 0 Å². The van der Waals surface area contributed by atoms with Gasteiger partial charge in [-0.3, -0.25) is 10.1 Å². The molecule has 6 nitrogen and oxygen atoms in total. The minimum absolute atomic E-state index is 0.177. The number of hydrogen-bond donors (Lipinski definition) is 0. The summed E-state index contributed by atoms with van der Waals surface area (Å²) in [5.41, 5.74) is 0.454. The normalized spacial score (nSPS) is 10.5. The van der Waals surface area contributed by atoms with Crippen LogP contribution < -0.4 is 0 Å². The lowest BCUT2D eigenvalue weighted by molar-refractivity contribution is -0.384. The van der Waals surface area contributed by atoms with Gasteiger partial charge in [0.1, 0.15) is 11.5 Å². The molecule has 0 aliphatic heterocycles. The van der Waals surface area contributed by atoms with Crippen molar-refractivity contribution >= 4 is 21.6 Å². The fraction of sp³-hybridized carbons (Fsp3) is 0.111. The summed E-state index contributed by atoms with van der Waals surface area (Å²) in [7, 11) is 0. The summed E-state index contributed by atoms with van der Waals surface area (Å²) in [6.45, 7) is 0. The van der Waals surface area contributed by atoms with Crippen molar-refractivity contribution in [3.8, 4) is 5.69 Å². The van der Waals surface area contributed by atoms with Gasteiger partial charge in [-0.2, -0.15) is 0 Å². The Bertz CT molecular complexity index is 572. The van der Waals surface area contributed by atoms with Crippen LogP contribution in [0.2, 0.25) is 0 Å². The average Bonchev–Trinajstić information content (AvgIpc) is 2.77. The van der Waals surface area contributed by atoms with Gasteiger partial charge in [0.2, 0.25) is 0 Å². The summed E-state index contributed by atoms with van der Waals surface area (Å²) in [6.07, 6.45) is 1.54. The predicted octanol–water partition coefficient (Wildman–Crippen LogP) is 2.21. The summed E-state index contributed by atoms with van der Waals surface area (Å²) in [6, 6.07) is 3.28. The Morgan fingerprint density at radius 3 is 2.88 bits per heavy atom. The number of benzene rings is 1. The second-order valence-corrected chi connectivity index (χ2v) is 3.74. The van der Waals surface area contributed by atoms with Crippen LogP contribution in [0, 0.1) is 15.9 Å². The van der Waals surface area contributed by atoms with E-state index in [0.717, 1.165) is 12.1 Å². The number of nitro benzene ring substituents is 1. The minimum Gasteiger partial charge on any atom is -0.258 e. The smallest absolute Gasteiger partial charge is 0.258 e. The second kappa shape index (κ2) is 4.58. The summed E-state index contributed by atoms with van der Waals surface area (Å²) >= 11 is 3.19. The van der Waals surface area contributed by atoms with E-state index in [2.05, 4.69) is 26.2 Å². The minimum atomic E-state index is -0.665. The van der Waals surface area contributed by atoms with Crippen LogP contribution in [0.1, 0.15) is 5.69 Å². The highest BCUT2D eigenvalue weighted by Gasteiger charge is 2.17. The van der Waals surface area contributed by atoms with Gasteiger partial charge in [0.25, 0.3) is 5.69 Å². The van der Waals surface area contributed by atoms with E-state index in [0.29, 0.717) is 11.0 Å². The van der Waals surface area contributed by atoms with E-state index < -0.39 is 10.7 Å². The van der Waals surface area contributed by atoms with Crippen molar-refractivity contribution in [2.24, 2.45) is 0 Å². The van der Waals surface area contributed by atoms with E-state index in [-0.39, 0.29) is 11.4 Å². The molecule has 0 spiro atoms. The van der Waals surface area contributed by atoms with Crippen molar-refractivity contribution in [2.75, 3.05) is 0 Å². The molecule has 0 saturated heterocycles. The number of rotatable bonds is 3. The van der Waals surface area contributed by atoms with Crippen LogP contribution in [0.5, 0.6) is 0 Å². The van der Waals surface area contributed by atoms with E-state index in [1.54, 1.807) is 0 Å². The summed E-state index contributed by atoms with van der Waals surface area (Å²) in [5.74, 6) is -0.665. The molecule has 8 heteroatoms. The maximum Gasteiger partial charge on any atom is 0.297 e. The molecule has 0 bridgehead atoms. The Labute approximate surface area is 103 Å². The molecule has 0 saturated carbocycles. The standard InChI is InChI=1S/C9H6BrFN4O2/c10-4-7-5-14(13-12-7)8-2-1-6(11)3-9(8)15(16)17/h1-3,5H,4H2. The zero-order valence-corrected chi connectivity index (χ0v) is 9.96. The number of nitrogens with zero attached hydrogens (tertiary/aromatic N) is 4. The van der Waals surface area contributed by atoms with Crippen LogP contribution in [0.3, 0.4) is 0 Å². The van der Waals surface area contributed by atoms with Crippen LogP contribution in [-0.2, 0) is 5.33 Å². The summed E-state index contributed by atoms with van der Waals surface area (Å²) < 4.78 is 14.2. The molecule has 0 aliphatic carbocycles. The Hall–Kier alpha value is -1.83. The predicted molar refractivity (Wildman–Crippen MR) is 60.6 cm³/mol. The molecule has 0 radical (unpaired) electrons. The van der Waals surface area contributed by atoms with Crippen LogP contribution in [0.4, 0.5) is 10.1 Å². The van der Waals surface area contributed by atoms with Gasteiger partial charge in [0, 0.05) is 5.33 Å². The highest BCUT2D eigenvalue weighted by Crippen LogP contribution is 2.23. The lowest BCUT2D eigenvalue weighted by Crippen LogP contribution is -2.01. The fourth-order valence-electron chi connectivity index (χ4n) is 1.31. The molecular weight excluding hydrogens is 295 g/mol. The maximum atomic E-state index is 12.9. The Kier molecular flexibility index (Phi) is 3.14. The van der Waals surface area contributed by atoms with E-state index in [1.807, 2.05) is 0 Å². The Balaban J connectivity index is 2.54. The molecule has 0 N–H and O–H groups in total. The van der Waals surface area contributed by atoms with Gasteiger partial charge in [0.05, 0.1) is 22.9 Å². The highest BCUT2D eigenvalue weighted by atomic mass is 79.9. The molecule has 17 heavy (non-hydrogen) atoms. The summed E-state index contributed by atoms with van der Waals surface area (Å²) in [5, 5.41) is 18.8. The first-order valence-electron chi connectivity index (χ1n) is 4.53. The quantitative estimate of drug-likeness (QED) is 0.495. The zero-order valence-electron chi connectivity index (χ0n) is 8.38. The van der Waals surface area contributed by atoms with Crippen molar-refractivity contribution < 1.29 is 9.31 Å². The molecule has 1 aromatic heterocycles. The van der Waals surface area contributed by atoms with Crippen molar-refractivity contribution in [3.63, 3.8) is 0 Å². The van der Waals surface area contributed by atoms with Gasteiger partial charge >= 0.3 is 0 Å². The Morgan fingerprint density at radius 1 is 1.53 bits per heavy atom. The van der Waals surface area contributed by atoms with Gasteiger partial charge < -0.3 is 0 Å². The lowest BCUT2D eigenvalue weighted by atomic mass is 10.2. The van der Waals surface area contributed by atoms with Crippen molar-refractivity contribution in [1.29, 1.82) is 0 Å². The largest absolute Gasteiger partial charge is 0.297 e. The molecule has 0 amide bonds. The third-order valence-corrected chi connectivity index (χ3v) is 2.63. The molecule has 0 atom stereocenters. The fourth-order valence-corrected chi connectivity index (χ4v) is 1.57. The molecule has 1 aromatic carbocycles. The zero-order chi connectivity index (χ0) is 12.4. The van der Waals surface area contributed by atoms with E-state index in [1.165, 1.54) is 16.9 Å². The van der Waals surface area contributed by atoms with Gasteiger partial charge in [-0.1, -0.05) is 21.1 Å². The first-order chi connectivity index (χ1) is 8.11. The van der Waals surface area contributed by atoms with Crippen molar-refractivity contribution in [3.05, 3.63) is 46.0 Å². The average molecular weight is 301 g/mol. The molecule has 2 rings (SSSR count). The number of alkyl halides is 1. The number of nitro groups is 1.